The van der Waals surface area contributed by atoms with Gasteiger partial charge in [0.2, 0.25) is 5.91 Å². The molecule has 2 N–H and O–H groups in total. The molecule has 0 radical (unpaired) electrons. The van der Waals surface area contributed by atoms with Crippen molar-refractivity contribution in [3.63, 3.8) is 0 Å². The average molecular weight is 370 g/mol. The van der Waals surface area contributed by atoms with E-state index in [2.05, 4.69) is 10.6 Å². The van der Waals surface area contributed by atoms with Crippen molar-refractivity contribution in [1.82, 2.24) is 5.32 Å². The molecule has 3 rings (SSSR count). The number of nitrogens with one attached hydrogen (secondary N) is 2. The van der Waals surface area contributed by atoms with Crippen LogP contribution in [0.2, 0.25) is 0 Å². The van der Waals surface area contributed by atoms with Crippen LogP contribution in [0.3, 0.4) is 0 Å². The lowest BCUT2D eigenvalue weighted by Crippen LogP contribution is -2.37. The lowest BCUT2D eigenvalue weighted by Gasteiger charge is -2.15. The molecule has 1 amide bonds. The molecular weight excluding hydrogens is 348 g/mol. The van der Waals surface area contributed by atoms with Crippen molar-refractivity contribution in [2.24, 2.45) is 0 Å². The Balaban J connectivity index is 1.46. The SMILES string of the molecule is CC(Nc1cccc(COCc2ccco2)c1)C(=O)NCc1cccs1. The van der Waals surface area contributed by atoms with E-state index in [4.69, 9.17) is 9.15 Å². The highest BCUT2D eigenvalue weighted by molar-refractivity contribution is 7.09. The van der Waals surface area contributed by atoms with E-state index in [1.165, 1.54) is 0 Å². The lowest BCUT2D eigenvalue weighted by molar-refractivity contribution is -0.121. The van der Waals surface area contributed by atoms with Gasteiger partial charge in [0.05, 0.1) is 19.4 Å². The van der Waals surface area contributed by atoms with Crippen LogP contribution < -0.4 is 10.6 Å². The number of anilines is 1. The van der Waals surface area contributed by atoms with Crippen molar-refractivity contribution in [2.45, 2.75) is 32.7 Å². The third-order valence-corrected chi connectivity index (χ3v) is 4.69. The third kappa shape index (κ3) is 5.47. The van der Waals surface area contributed by atoms with E-state index in [-0.39, 0.29) is 11.9 Å². The highest BCUT2D eigenvalue weighted by atomic mass is 32.1. The number of benzene rings is 1. The first-order valence-corrected chi connectivity index (χ1v) is 9.34. The Hall–Kier alpha value is -2.57. The molecule has 0 saturated carbocycles. The van der Waals surface area contributed by atoms with Gasteiger partial charge in [0, 0.05) is 10.6 Å². The van der Waals surface area contributed by atoms with Gasteiger partial charge in [-0.15, -0.1) is 11.3 Å². The van der Waals surface area contributed by atoms with Crippen LogP contribution >= 0.6 is 11.3 Å². The number of amides is 1. The standard InChI is InChI=1S/C20H22N2O3S/c1-15(20(23)21-12-19-8-4-10-26-19)22-17-6-2-5-16(11-17)13-24-14-18-7-3-9-25-18/h2-11,15,22H,12-14H2,1H3,(H,21,23). The number of carbonyl (C=O) groups is 1. The third-order valence-electron chi connectivity index (χ3n) is 3.81. The highest BCUT2D eigenvalue weighted by Crippen LogP contribution is 2.14. The minimum Gasteiger partial charge on any atom is -0.467 e. The molecule has 0 aliphatic carbocycles. The first-order valence-electron chi connectivity index (χ1n) is 8.46. The maximum Gasteiger partial charge on any atom is 0.242 e. The van der Waals surface area contributed by atoms with Gasteiger partial charge in [-0.3, -0.25) is 4.79 Å². The zero-order valence-electron chi connectivity index (χ0n) is 14.6. The summed E-state index contributed by atoms with van der Waals surface area (Å²) in [4.78, 5) is 13.4. The Labute approximate surface area is 157 Å². The number of furan rings is 1. The molecular formula is C20H22N2O3S. The zero-order valence-corrected chi connectivity index (χ0v) is 15.4. The van der Waals surface area contributed by atoms with E-state index in [9.17, 15) is 4.79 Å². The molecule has 0 saturated heterocycles. The van der Waals surface area contributed by atoms with Crippen molar-refractivity contribution in [2.75, 3.05) is 5.32 Å². The predicted molar refractivity (Wildman–Crippen MR) is 103 cm³/mol. The second-order valence-electron chi connectivity index (χ2n) is 5.94. The van der Waals surface area contributed by atoms with Crippen LogP contribution in [0.1, 0.15) is 23.1 Å². The van der Waals surface area contributed by atoms with Gasteiger partial charge in [-0.25, -0.2) is 0 Å². The summed E-state index contributed by atoms with van der Waals surface area (Å²) in [6.07, 6.45) is 1.63. The molecule has 0 spiro atoms. The van der Waals surface area contributed by atoms with Gasteiger partial charge >= 0.3 is 0 Å². The largest absolute Gasteiger partial charge is 0.467 e. The summed E-state index contributed by atoms with van der Waals surface area (Å²) in [5, 5.41) is 8.18. The molecule has 1 atom stereocenters. The average Bonchev–Trinajstić information content (AvgIpc) is 3.34. The molecule has 26 heavy (non-hydrogen) atoms. The number of rotatable bonds is 9. The zero-order chi connectivity index (χ0) is 18.2. The minimum atomic E-state index is -0.325. The van der Waals surface area contributed by atoms with Gasteiger partial charge in [-0.2, -0.15) is 0 Å². The molecule has 6 heteroatoms. The van der Waals surface area contributed by atoms with Gasteiger partial charge in [0.15, 0.2) is 0 Å². The summed E-state index contributed by atoms with van der Waals surface area (Å²) in [5.41, 5.74) is 1.93. The number of ether oxygens (including phenoxy) is 1. The molecule has 1 aromatic carbocycles. The first kappa shape index (κ1) is 18.2. The van der Waals surface area contributed by atoms with Crippen LogP contribution in [0, 0.1) is 0 Å². The molecule has 1 unspecified atom stereocenters. The second kappa shape index (κ2) is 9.22. The molecule has 0 bridgehead atoms. The second-order valence-corrected chi connectivity index (χ2v) is 6.97. The van der Waals surface area contributed by atoms with E-state index < -0.39 is 0 Å². The normalized spacial score (nSPS) is 11.9. The van der Waals surface area contributed by atoms with Crippen molar-refractivity contribution >= 4 is 22.9 Å². The van der Waals surface area contributed by atoms with Gasteiger partial charge in [-0.1, -0.05) is 18.2 Å². The van der Waals surface area contributed by atoms with Gasteiger partial charge in [0.1, 0.15) is 18.4 Å². The number of hydrogen-bond acceptors (Lipinski definition) is 5. The van der Waals surface area contributed by atoms with Crippen molar-refractivity contribution in [1.29, 1.82) is 0 Å². The van der Waals surface area contributed by atoms with Gasteiger partial charge in [0.25, 0.3) is 0 Å². The quantitative estimate of drug-likeness (QED) is 0.593. The summed E-state index contributed by atoms with van der Waals surface area (Å²) in [6, 6.07) is 15.3. The molecule has 0 aliphatic rings. The smallest absolute Gasteiger partial charge is 0.242 e. The van der Waals surface area contributed by atoms with Crippen LogP contribution in [0.25, 0.3) is 0 Å². The monoisotopic (exact) mass is 370 g/mol. The summed E-state index contributed by atoms with van der Waals surface area (Å²) in [6.45, 7) is 3.33. The molecule has 5 nitrogen and oxygen atoms in total. The Morgan fingerprint density at radius 1 is 1.19 bits per heavy atom. The van der Waals surface area contributed by atoms with Crippen molar-refractivity contribution in [3.05, 3.63) is 76.4 Å². The Kier molecular flexibility index (Phi) is 6.46. The molecule has 136 valence electrons. The topological polar surface area (TPSA) is 63.5 Å². The Morgan fingerprint density at radius 3 is 2.88 bits per heavy atom. The Morgan fingerprint density at radius 2 is 2.12 bits per heavy atom. The number of hydrogen-bond donors (Lipinski definition) is 2. The van der Waals surface area contributed by atoms with Crippen molar-refractivity contribution in [3.8, 4) is 0 Å². The maximum atomic E-state index is 12.2. The number of carbonyl (C=O) groups excluding carboxylic acids is 1. The summed E-state index contributed by atoms with van der Waals surface area (Å²) in [5.74, 6) is 0.771. The fourth-order valence-electron chi connectivity index (χ4n) is 2.47. The van der Waals surface area contributed by atoms with E-state index >= 15 is 0 Å². The van der Waals surface area contributed by atoms with Crippen LogP contribution in [-0.4, -0.2) is 11.9 Å². The molecule has 2 heterocycles. The summed E-state index contributed by atoms with van der Waals surface area (Å²) >= 11 is 1.63. The molecule has 0 aliphatic heterocycles. The molecule has 2 aromatic heterocycles. The van der Waals surface area contributed by atoms with Crippen LogP contribution in [0.15, 0.2) is 64.6 Å². The number of thiophene rings is 1. The lowest BCUT2D eigenvalue weighted by atomic mass is 10.2. The van der Waals surface area contributed by atoms with E-state index in [1.54, 1.807) is 17.6 Å². The van der Waals surface area contributed by atoms with E-state index in [0.29, 0.717) is 19.8 Å². The van der Waals surface area contributed by atoms with Crippen LogP contribution in [0.4, 0.5) is 5.69 Å². The van der Waals surface area contributed by atoms with E-state index in [1.807, 2.05) is 60.8 Å². The fraction of sp³-hybridized carbons (Fsp3) is 0.250. The van der Waals surface area contributed by atoms with Crippen LogP contribution in [0.5, 0.6) is 0 Å². The Bertz CT molecular complexity index is 800. The van der Waals surface area contributed by atoms with E-state index in [0.717, 1.165) is 21.9 Å². The van der Waals surface area contributed by atoms with Gasteiger partial charge in [-0.05, 0) is 48.2 Å². The first-order chi connectivity index (χ1) is 12.7. The molecule has 3 aromatic rings. The summed E-state index contributed by atoms with van der Waals surface area (Å²) < 4.78 is 10.9. The molecule has 0 fully saturated rings. The van der Waals surface area contributed by atoms with Gasteiger partial charge < -0.3 is 19.8 Å². The fourth-order valence-corrected chi connectivity index (χ4v) is 3.12. The van der Waals surface area contributed by atoms with Crippen LogP contribution in [-0.2, 0) is 29.3 Å². The highest BCUT2D eigenvalue weighted by Gasteiger charge is 2.12. The van der Waals surface area contributed by atoms with Crippen molar-refractivity contribution < 1.29 is 13.9 Å². The maximum absolute atomic E-state index is 12.2. The summed E-state index contributed by atoms with van der Waals surface area (Å²) in [7, 11) is 0. The predicted octanol–water partition coefficient (Wildman–Crippen LogP) is 4.17. The minimum absolute atomic E-state index is 0.0297.